The monoisotopic (exact) mass is 426 g/mol. The van der Waals surface area contributed by atoms with Gasteiger partial charge in [-0.2, -0.15) is 0 Å². The molecule has 0 fully saturated rings. The molecule has 4 heteroatoms. The smallest absolute Gasteiger partial charge is 0.261 e. The van der Waals surface area contributed by atoms with Crippen molar-refractivity contribution in [3.05, 3.63) is 73.3 Å². The molecular weight excluding hydrogens is 388 g/mol. The molecule has 0 aliphatic rings. The highest BCUT2D eigenvalue weighted by Gasteiger charge is 2.51. The molecule has 0 saturated carbocycles. The van der Waals surface area contributed by atoms with Crippen LogP contribution in [-0.2, 0) is 4.43 Å². The van der Waals surface area contributed by atoms with E-state index in [0.29, 0.717) is 12.8 Å². The molecule has 0 amide bonds. The second-order valence-electron chi connectivity index (χ2n) is 9.37. The van der Waals surface area contributed by atoms with E-state index in [0.717, 1.165) is 0 Å². The molecule has 0 aliphatic heterocycles. The van der Waals surface area contributed by atoms with Crippen LogP contribution in [0.1, 0.15) is 53.9 Å². The van der Waals surface area contributed by atoms with Crippen LogP contribution >= 0.6 is 0 Å². The molecule has 0 aromatic heterocycles. The van der Waals surface area contributed by atoms with Gasteiger partial charge in [-0.25, -0.2) is 0 Å². The second-order valence-corrected chi connectivity index (χ2v) is 13.7. The van der Waals surface area contributed by atoms with Gasteiger partial charge in [0.2, 0.25) is 0 Å². The van der Waals surface area contributed by atoms with Crippen LogP contribution in [0.2, 0.25) is 5.04 Å². The van der Waals surface area contributed by atoms with E-state index in [4.69, 9.17) is 4.43 Å². The van der Waals surface area contributed by atoms with Crippen molar-refractivity contribution in [2.75, 3.05) is 6.61 Å². The maximum Gasteiger partial charge on any atom is 0.261 e. The van der Waals surface area contributed by atoms with Crippen LogP contribution < -0.4 is 10.4 Å². The summed E-state index contributed by atoms with van der Waals surface area (Å²) in [6, 6.07) is 20.8. The van der Waals surface area contributed by atoms with E-state index < -0.39 is 19.5 Å². The first-order chi connectivity index (χ1) is 14.1. The van der Waals surface area contributed by atoms with Crippen LogP contribution in [0.4, 0.5) is 0 Å². The number of aliphatic hydroxyl groups is 2. The van der Waals surface area contributed by atoms with Crippen molar-refractivity contribution in [3.63, 3.8) is 0 Å². The number of benzene rings is 2. The van der Waals surface area contributed by atoms with Gasteiger partial charge in [0.1, 0.15) is 0 Å². The zero-order valence-electron chi connectivity index (χ0n) is 19.2. The molecule has 2 atom stereocenters. The standard InChI is InChI=1S/C26H38O3Si/c1-7-25(27,8-2)20-26(28,9-3)21-29-30(24(4,5)6,22-16-12-10-13-17-22)23-18-14-11-15-19-23/h7,10-19,27-28H,1,8-9,20-21H2,2-6H3/t25-,26-/m1/s1. The predicted molar refractivity (Wildman–Crippen MR) is 129 cm³/mol. The molecule has 0 radical (unpaired) electrons. The van der Waals surface area contributed by atoms with Gasteiger partial charge in [0.15, 0.2) is 0 Å². The summed E-state index contributed by atoms with van der Waals surface area (Å²) < 4.78 is 6.90. The van der Waals surface area contributed by atoms with Gasteiger partial charge in [-0.15, -0.1) is 6.58 Å². The van der Waals surface area contributed by atoms with Crippen molar-refractivity contribution in [1.29, 1.82) is 0 Å². The van der Waals surface area contributed by atoms with Gasteiger partial charge < -0.3 is 14.6 Å². The van der Waals surface area contributed by atoms with E-state index in [2.05, 4.69) is 75.9 Å². The molecule has 2 aromatic rings. The lowest BCUT2D eigenvalue weighted by atomic mass is 9.84. The van der Waals surface area contributed by atoms with Crippen LogP contribution in [0.3, 0.4) is 0 Å². The molecule has 3 nitrogen and oxygen atoms in total. The Labute approximate surface area is 183 Å². The zero-order chi connectivity index (χ0) is 22.5. The van der Waals surface area contributed by atoms with Crippen molar-refractivity contribution in [2.24, 2.45) is 0 Å². The third kappa shape index (κ3) is 5.12. The molecule has 2 aromatic carbocycles. The first kappa shape index (κ1) is 24.5. The SMILES string of the molecule is C=C[C@@](O)(CC)C[C@](O)(CC)CO[Si](c1ccccc1)(c1ccccc1)C(C)(C)C. The van der Waals surface area contributed by atoms with E-state index >= 15 is 0 Å². The van der Waals surface area contributed by atoms with Crippen molar-refractivity contribution in [3.8, 4) is 0 Å². The van der Waals surface area contributed by atoms with Gasteiger partial charge in [0.25, 0.3) is 8.32 Å². The van der Waals surface area contributed by atoms with Gasteiger partial charge >= 0.3 is 0 Å². The molecule has 2 N–H and O–H groups in total. The highest BCUT2D eigenvalue weighted by molar-refractivity contribution is 6.99. The van der Waals surface area contributed by atoms with Crippen LogP contribution in [0, 0.1) is 0 Å². The average molecular weight is 427 g/mol. The Kier molecular flexibility index (Phi) is 7.86. The molecule has 0 saturated heterocycles. The zero-order valence-corrected chi connectivity index (χ0v) is 20.2. The molecule has 0 bridgehead atoms. The van der Waals surface area contributed by atoms with E-state index in [1.54, 1.807) is 0 Å². The Morgan fingerprint density at radius 1 is 0.867 bits per heavy atom. The van der Waals surface area contributed by atoms with Gasteiger partial charge in [-0.05, 0) is 28.3 Å². The summed E-state index contributed by atoms with van der Waals surface area (Å²) in [5, 5.41) is 24.4. The van der Waals surface area contributed by atoms with E-state index in [-0.39, 0.29) is 18.1 Å². The fourth-order valence-corrected chi connectivity index (χ4v) is 8.83. The Morgan fingerprint density at radius 3 is 1.67 bits per heavy atom. The average Bonchev–Trinajstić information content (AvgIpc) is 2.74. The van der Waals surface area contributed by atoms with E-state index in [1.165, 1.54) is 16.4 Å². The normalized spacial score (nSPS) is 16.5. The van der Waals surface area contributed by atoms with Crippen molar-refractivity contribution >= 4 is 18.7 Å². The molecule has 30 heavy (non-hydrogen) atoms. The first-order valence-corrected chi connectivity index (χ1v) is 12.8. The minimum Gasteiger partial charge on any atom is -0.404 e. The summed E-state index contributed by atoms with van der Waals surface area (Å²) in [6.07, 6.45) is 2.73. The van der Waals surface area contributed by atoms with Crippen LogP contribution in [0.25, 0.3) is 0 Å². The highest BCUT2D eigenvalue weighted by atomic mass is 28.4. The maximum atomic E-state index is 11.4. The lowest BCUT2D eigenvalue weighted by Crippen LogP contribution is -2.67. The largest absolute Gasteiger partial charge is 0.404 e. The fraction of sp³-hybridized carbons (Fsp3) is 0.462. The number of rotatable bonds is 10. The lowest BCUT2D eigenvalue weighted by molar-refractivity contribution is -0.0705. The minimum absolute atomic E-state index is 0.160. The molecule has 164 valence electrons. The summed E-state index contributed by atoms with van der Waals surface area (Å²) >= 11 is 0. The van der Waals surface area contributed by atoms with E-state index in [9.17, 15) is 10.2 Å². The fourth-order valence-electron chi connectivity index (χ4n) is 4.19. The molecule has 0 unspecified atom stereocenters. The molecule has 0 heterocycles. The minimum atomic E-state index is -2.74. The lowest BCUT2D eigenvalue weighted by Gasteiger charge is -2.45. The summed E-state index contributed by atoms with van der Waals surface area (Å²) in [6.45, 7) is 14.4. The van der Waals surface area contributed by atoms with Gasteiger partial charge in [0, 0.05) is 6.42 Å². The summed E-state index contributed by atoms with van der Waals surface area (Å²) in [4.78, 5) is 0. The Balaban J connectivity index is 2.54. The van der Waals surface area contributed by atoms with Gasteiger partial charge in [-0.1, -0.05) is 101 Å². The predicted octanol–water partition coefficient (Wildman–Crippen LogP) is 4.42. The topological polar surface area (TPSA) is 49.7 Å². The Bertz CT molecular complexity index is 761. The summed E-state index contributed by atoms with van der Waals surface area (Å²) in [5.41, 5.74) is -2.26. The van der Waals surface area contributed by atoms with Crippen LogP contribution in [0.15, 0.2) is 73.3 Å². The summed E-state index contributed by atoms with van der Waals surface area (Å²) in [5.74, 6) is 0. The van der Waals surface area contributed by atoms with Crippen LogP contribution in [-0.4, -0.2) is 36.3 Å². The number of hydrogen-bond acceptors (Lipinski definition) is 3. The molecular formula is C26H38O3Si. The molecule has 0 spiro atoms. The first-order valence-electron chi connectivity index (χ1n) is 10.9. The van der Waals surface area contributed by atoms with Crippen molar-refractivity contribution < 1.29 is 14.6 Å². The van der Waals surface area contributed by atoms with E-state index in [1.807, 2.05) is 26.0 Å². The third-order valence-electron chi connectivity index (χ3n) is 6.26. The van der Waals surface area contributed by atoms with Crippen LogP contribution in [0.5, 0.6) is 0 Å². The maximum absolute atomic E-state index is 11.4. The third-order valence-corrected chi connectivity index (χ3v) is 11.2. The quantitative estimate of drug-likeness (QED) is 0.437. The molecule has 2 rings (SSSR count). The summed E-state index contributed by atoms with van der Waals surface area (Å²) in [7, 11) is -2.74. The molecule has 0 aliphatic carbocycles. The highest BCUT2D eigenvalue weighted by Crippen LogP contribution is 2.38. The van der Waals surface area contributed by atoms with Crippen molar-refractivity contribution in [1.82, 2.24) is 0 Å². The van der Waals surface area contributed by atoms with Gasteiger partial charge in [0.05, 0.1) is 17.8 Å². The van der Waals surface area contributed by atoms with Crippen molar-refractivity contribution in [2.45, 2.75) is 70.1 Å². The van der Waals surface area contributed by atoms with Gasteiger partial charge in [-0.3, -0.25) is 0 Å². The number of hydrogen-bond donors (Lipinski definition) is 2. The Hall–Kier alpha value is -1.72. The second kappa shape index (κ2) is 9.61. The Morgan fingerprint density at radius 2 is 1.33 bits per heavy atom.